The van der Waals surface area contributed by atoms with Gasteiger partial charge in [-0.05, 0) is 56.5 Å². The van der Waals surface area contributed by atoms with Crippen LogP contribution in [0.4, 0.5) is 5.69 Å². The van der Waals surface area contributed by atoms with Crippen molar-refractivity contribution in [2.45, 2.75) is 50.6 Å². The second-order valence-electron chi connectivity index (χ2n) is 9.68. The van der Waals surface area contributed by atoms with Gasteiger partial charge < -0.3 is 19.7 Å². The van der Waals surface area contributed by atoms with E-state index in [2.05, 4.69) is 5.32 Å². The zero-order chi connectivity index (χ0) is 30.0. The topological polar surface area (TPSA) is 105 Å². The molecule has 0 saturated heterocycles. The number of carbonyl (C=O) groups is 2. The number of amides is 2. The lowest BCUT2D eigenvalue weighted by molar-refractivity contribution is -0.139. The van der Waals surface area contributed by atoms with Crippen LogP contribution in [-0.2, 0) is 26.0 Å². The van der Waals surface area contributed by atoms with Crippen LogP contribution in [0.1, 0.15) is 32.8 Å². The maximum Gasteiger partial charge on any atom is 0.264 e. The number of methoxy groups -OCH3 is 2. The van der Waals surface area contributed by atoms with Crippen LogP contribution in [0.5, 0.6) is 11.5 Å². The Bertz CT molecular complexity index is 1400. The van der Waals surface area contributed by atoms with Crippen LogP contribution < -0.4 is 19.1 Å². The van der Waals surface area contributed by atoms with Crippen molar-refractivity contribution in [3.8, 4) is 11.5 Å². The number of nitrogens with zero attached hydrogens (tertiary/aromatic N) is 2. The third-order valence-electron chi connectivity index (χ3n) is 6.92. The van der Waals surface area contributed by atoms with Gasteiger partial charge in [-0.1, -0.05) is 55.5 Å². The van der Waals surface area contributed by atoms with Crippen LogP contribution >= 0.6 is 0 Å². The molecule has 3 aromatic carbocycles. The molecule has 0 spiro atoms. The minimum absolute atomic E-state index is 0.0287. The van der Waals surface area contributed by atoms with Crippen molar-refractivity contribution in [1.29, 1.82) is 0 Å². The first-order valence-electron chi connectivity index (χ1n) is 13.6. The van der Waals surface area contributed by atoms with E-state index in [9.17, 15) is 18.0 Å². The van der Waals surface area contributed by atoms with Gasteiger partial charge in [0.2, 0.25) is 11.8 Å². The molecule has 0 saturated carbocycles. The fourth-order valence-electron chi connectivity index (χ4n) is 4.26. The fourth-order valence-corrected chi connectivity index (χ4v) is 5.69. The van der Waals surface area contributed by atoms with Crippen LogP contribution in [0.3, 0.4) is 0 Å². The summed E-state index contributed by atoms with van der Waals surface area (Å²) in [6.45, 7) is 5.22. The van der Waals surface area contributed by atoms with Crippen LogP contribution in [0.2, 0.25) is 0 Å². The molecule has 2 amide bonds. The molecule has 41 heavy (non-hydrogen) atoms. The number of carbonyl (C=O) groups excluding carboxylic acids is 2. The van der Waals surface area contributed by atoms with Gasteiger partial charge in [0.25, 0.3) is 10.0 Å². The fraction of sp³-hybridized carbons (Fsp3) is 0.355. The summed E-state index contributed by atoms with van der Waals surface area (Å²) in [7, 11) is -1.24. The van der Waals surface area contributed by atoms with E-state index in [1.54, 1.807) is 37.3 Å². The third kappa shape index (κ3) is 8.00. The van der Waals surface area contributed by atoms with Gasteiger partial charge in [-0.15, -0.1) is 0 Å². The van der Waals surface area contributed by atoms with Crippen molar-refractivity contribution < 1.29 is 27.5 Å². The van der Waals surface area contributed by atoms with Crippen LogP contribution in [0.25, 0.3) is 0 Å². The first-order chi connectivity index (χ1) is 19.6. The Morgan fingerprint density at radius 3 is 2.07 bits per heavy atom. The largest absolute Gasteiger partial charge is 0.493 e. The lowest BCUT2D eigenvalue weighted by Crippen LogP contribution is -2.53. The maximum atomic E-state index is 14.0. The number of hydrogen-bond donors (Lipinski definition) is 1. The molecule has 0 aromatic heterocycles. The summed E-state index contributed by atoms with van der Waals surface area (Å²) < 4.78 is 39.6. The smallest absolute Gasteiger partial charge is 0.264 e. The summed E-state index contributed by atoms with van der Waals surface area (Å²) in [5.74, 6) is -0.0845. The summed E-state index contributed by atoms with van der Waals surface area (Å²) in [5.41, 5.74) is 1.22. The van der Waals surface area contributed by atoms with Crippen LogP contribution in [-0.4, -0.2) is 64.5 Å². The summed E-state index contributed by atoms with van der Waals surface area (Å²) in [6.07, 6.45) is 1.23. The summed E-state index contributed by atoms with van der Waals surface area (Å²) in [5, 5.41) is 2.94. The molecule has 220 valence electrons. The molecule has 3 rings (SSSR count). The van der Waals surface area contributed by atoms with E-state index in [0.29, 0.717) is 17.9 Å². The van der Waals surface area contributed by atoms with Crippen molar-refractivity contribution in [2.24, 2.45) is 0 Å². The van der Waals surface area contributed by atoms with E-state index in [1.165, 1.54) is 37.3 Å². The van der Waals surface area contributed by atoms with Gasteiger partial charge in [-0.2, -0.15) is 0 Å². The lowest BCUT2D eigenvalue weighted by Gasteiger charge is -2.32. The number of benzene rings is 3. The monoisotopic (exact) mass is 581 g/mol. The number of ether oxygens (including phenoxy) is 2. The second-order valence-corrected chi connectivity index (χ2v) is 11.5. The molecule has 1 N–H and O–H groups in total. The summed E-state index contributed by atoms with van der Waals surface area (Å²) in [6, 6.07) is 21.3. The molecule has 0 heterocycles. The normalized spacial score (nSPS) is 12.6. The Hall–Kier alpha value is -4.05. The first-order valence-corrected chi connectivity index (χ1v) is 15.0. The van der Waals surface area contributed by atoms with Crippen LogP contribution in [0, 0.1) is 0 Å². The molecule has 9 nitrogen and oxygen atoms in total. The number of sulfonamides is 1. The number of anilines is 1. The summed E-state index contributed by atoms with van der Waals surface area (Å²) in [4.78, 5) is 28.6. The van der Waals surface area contributed by atoms with Gasteiger partial charge >= 0.3 is 0 Å². The SMILES string of the molecule is CC[C@H](C)NC(=O)[C@@H](C)N(CCc1ccccc1)C(=O)CN(c1ccc(OC)c(OC)c1)S(=O)(=O)c1ccccc1. The highest BCUT2D eigenvalue weighted by Gasteiger charge is 2.33. The van der Waals surface area contributed by atoms with E-state index in [-0.39, 0.29) is 29.1 Å². The van der Waals surface area contributed by atoms with Crippen molar-refractivity contribution >= 4 is 27.5 Å². The van der Waals surface area contributed by atoms with Crippen molar-refractivity contribution in [3.63, 3.8) is 0 Å². The molecule has 0 unspecified atom stereocenters. The lowest BCUT2D eigenvalue weighted by atomic mass is 10.1. The Morgan fingerprint density at radius 2 is 1.49 bits per heavy atom. The minimum Gasteiger partial charge on any atom is -0.493 e. The first kappa shape index (κ1) is 31.5. The molecule has 10 heteroatoms. The second kappa shape index (κ2) is 14.5. The van der Waals surface area contributed by atoms with E-state index < -0.39 is 28.5 Å². The number of rotatable bonds is 14. The molecule has 2 atom stereocenters. The molecule has 0 aliphatic heterocycles. The molecule has 0 aliphatic rings. The highest BCUT2D eigenvalue weighted by atomic mass is 32.2. The Balaban J connectivity index is 2.02. The average Bonchev–Trinajstić information content (AvgIpc) is 3.00. The van der Waals surface area contributed by atoms with Gasteiger partial charge in [0.1, 0.15) is 12.6 Å². The quantitative estimate of drug-likeness (QED) is 0.305. The van der Waals surface area contributed by atoms with E-state index >= 15 is 0 Å². The van der Waals surface area contributed by atoms with Gasteiger partial charge in [-0.25, -0.2) is 8.42 Å². The molecular weight excluding hydrogens is 542 g/mol. The van der Waals surface area contributed by atoms with Gasteiger partial charge in [0, 0.05) is 18.7 Å². The van der Waals surface area contributed by atoms with Crippen LogP contribution in [0.15, 0.2) is 83.8 Å². The Morgan fingerprint density at radius 1 is 0.878 bits per heavy atom. The van der Waals surface area contributed by atoms with Gasteiger partial charge in [0.05, 0.1) is 24.8 Å². The Labute approximate surface area is 243 Å². The van der Waals surface area contributed by atoms with E-state index in [1.807, 2.05) is 44.2 Å². The highest BCUT2D eigenvalue weighted by molar-refractivity contribution is 7.92. The number of hydrogen-bond acceptors (Lipinski definition) is 6. The third-order valence-corrected chi connectivity index (χ3v) is 8.71. The maximum absolute atomic E-state index is 14.0. The van der Waals surface area contributed by atoms with E-state index in [0.717, 1.165) is 16.3 Å². The van der Waals surface area contributed by atoms with Crippen molar-refractivity contribution in [1.82, 2.24) is 10.2 Å². The minimum atomic E-state index is -4.17. The zero-order valence-corrected chi connectivity index (χ0v) is 25.1. The van der Waals surface area contributed by atoms with Gasteiger partial charge in [-0.3, -0.25) is 13.9 Å². The molecule has 0 radical (unpaired) electrons. The summed E-state index contributed by atoms with van der Waals surface area (Å²) >= 11 is 0. The molecular formula is C31H39N3O6S. The Kier molecular flexibility index (Phi) is 11.2. The molecule has 0 aliphatic carbocycles. The standard InChI is InChI=1S/C31H39N3O6S/c1-6-23(2)32-31(36)24(3)33(20-19-25-13-9-7-10-14-25)30(35)22-34(41(37,38)27-15-11-8-12-16-27)26-17-18-28(39-4)29(21-26)40-5/h7-18,21,23-24H,6,19-20,22H2,1-5H3,(H,32,36)/t23-,24+/m0/s1. The number of nitrogens with one attached hydrogen (secondary N) is 1. The van der Waals surface area contributed by atoms with Gasteiger partial charge in [0.15, 0.2) is 11.5 Å². The van der Waals surface area contributed by atoms with E-state index in [4.69, 9.17) is 9.47 Å². The van der Waals surface area contributed by atoms with Crippen molar-refractivity contribution in [3.05, 3.63) is 84.4 Å². The predicted octanol–water partition coefficient (Wildman–Crippen LogP) is 4.27. The molecule has 0 fully saturated rings. The molecule has 0 bridgehead atoms. The van der Waals surface area contributed by atoms with Crippen molar-refractivity contribution in [2.75, 3.05) is 31.6 Å². The highest BCUT2D eigenvalue weighted by Crippen LogP contribution is 2.34. The zero-order valence-electron chi connectivity index (χ0n) is 24.2. The molecule has 3 aromatic rings. The predicted molar refractivity (Wildman–Crippen MR) is 160 cm³/mol. The average molecular weight is 582 g/mol.